The van der Waals surface area contributed by atoms with Crippen LogP contribution >= 0.6 is 11.3 Å². The van der Waals surface area contributed by atoms with Gasteiger partial charge in [-0.1, -0.05) is 24.3 Å². The van der Waals surface area contributed by atoms with Gasteiger partial charge >= 0.3 is 0 Å². The molecule has 7 heteroatoms. The van der Waals surface area contributed by atoms with E-state index in [-0.39, 0.29) is 0 Å². The Bertz CT molecular complexity index is 1310. The third-order valence-electron chi connectivity index (χ3n) is 5.39. The summed E-state index contributed by atoms with van der Waals surface area (Å²) in [5.41, 5.74) is 5.77. The molecular formula is C22H18N6S. The Kier molecular flexibility index (Phi) is 3.73. The van der Waals surface area contributed by atoms with E-state index < -0.39 is 0 Å². The van der Waals surface area contributed by atoms with E-state index in [4.69, 9.17) is 9.97 Å². The second kappa shape index (κ2) is 6.56. The number of aromatic nitrogens is 4. The summed E-state index contributed by atoms with van der Waals surface area (Å²) in [6.45, 7) is 0. The minimum absolute atomic E-state index is 0.318. The zero-order chi connectivity index (χ0) is 19.2. The van der Waals surface area contributed by atoms with Crippen LogP contribution in [0.15, 0.2) is 60.1 Å². The number of H-pyrrole nitrogens is 1. The van der Waals surface area contributed by atoms with Crippen LogP contribution < -0.4 is 10.6 Å². The number of rotatable bonds is 4. The van der Waals surface area contributed by atoms with Gasteiger partial charge in [0.05, 0.1) is 21.9 Å². The highest BCUT2D eigenvalue weighted by Crippen LogP contribution is 2.31. The molecule has 0 saturated carbocycles. The van der Waals surface area contributed by atoms with Crippen molar-refractivity contribution < 1.29 is 0 Å². The van der Waals surface area contributed by atoms with Crippen LogP contribution in [0.4, 0.5) is 17.5 Å². The summed E-state index contributed by atoms with van der Waals surface area (Å²) >= 11 is 1.65. The van der Waals surface area contributed by atoms with Gasteiger partial charge in [-0.15, -0.1) is 11.3 Å². The molecule has 3 aromatic heterocycles. The second-order valence-electron chi connectivity index (χ2n) is 7.35. The van der Waals surface area contributed by atoms with E-state index in [1.54, 1.807) is 11.3 Å². The van der Waals surface area contributed by atoms with Crippen molar-refractivity contribution in [3.05, 3.63) is 71.2 Å². The summed E-state index contributed by atoms with van der Waals surface area (Å²) in [5.74, 6) is 1.49. The third-order valence-corrected chi connectivity index (χ3v) is 6.30. The van der Waals surface area contributed by atoms with E-state index >= 15 is 0 Å². The zero-order valence-electron chi connectivity index (χ0n) is 15.5. The second-order valence-corrected chi connectivity index (χ2v) is 8.26. The first-order chi connectivity index (χ1) is 14.3. The van der Waals surface area contributed by atoms with Crippen molar-refractivity contribution >= 4 is 49.9 Å². The van der Waals surface area contributed by atoms with Gasteiger partial charge in [0.1, 0.15) is 0 Å². The van der Waals surface area contributed by atoms with Crippen molar-refractivity contribution in [3.63, 3.8) is 0 Å². The number of thiophene rings is 1. The summed E-state index contributed by atoms with van der Waals surface area (Å²) in [6.07, 6.45) is 3.83. The highest BCUT2D eigenvalue weighted by Gasteiger charge is 2.22. The average Bonchev–Trinajstić information content (AvgIpc) is 3.46. The van der Waals surface area contributed by atoms with Crippen molar-refractivity contribution in [1.29, 1.82) is 0 Å². The van der Waals surface area contributed by atoms with Crippen LogP contribution in [0.2, 0.25) is 0 Å². The maximum Gasteiger partial charge on any atom is 0.225 e. The first-order valence-corrected chi connectivity index (χ1v) is 10.5. The fourth-order valence-corrected chi connectivity index (χ4v) is 4.79. The van der Waals surface area contributed by atoms with Crippen LogP contribution in [0, 0.1) is 0 Å². The Labute approximate surface area is 171 Å². The standard InChI is InChI=1S/C22H18N6S/c1-2-4-14-10-17(9-13(14)3-1)25-22-26-19-7-8-29-20(19)21(27-22)24-16-5-6-18-15(11-16)12-23-28-18/h1-8,11-12,17H,9-10H2,(H,23,28)(H2,24,25,26,27). The van der Waals surface area contributed by atoms with Gasteiger partial charge < -0.3 is 10.6 Å². The van der Waals surface area contributed by atoms with Gasteiger partial charge in [0.25, 0.3) is 0 Å². The Hall–Kier alpha value is -3.45. The molecule has 0 fully saturated rings. The molecule has 0 unspecified atom stereocenters. The molecule has 6 rings (SSSR count). The number of aromatic amines is 1. The van der Waals surface area contributed by atoms with Gasteiger partial charge in [-0.3, -0.25) is 5.10 Å². The quantitative estimate of drug-likeness (QED) is 0.402. The van der Waals surface area contributed by atoms with Crippen LogP contribution in [-0.4, -0.2) is 26.2 Å². The average molecular weight is 398 g/mol. The topological polar surface area (TPSA) is 78.5 Å². The van der Waals surface area contributed by atoms with E-state index in [0.717, 1.165) is 45.5 Å². The van der Waals surface area contributed by atoms with Gasteiger partial charge in [0.2, 0.25) is 5.95 Å². The van der Waals surface area contributed by atoms with Crippen LogP contribution in [0.3, 0.4) is 0 Å². The van der Waals surface area contributed by atoms with Gasteiger partial charge in [-0.25, -0.2) is 4.98 Å². The molecule has 0 saturated heterocycles. The number of fused-ring (bicyclic) bond motifs is 3. The van der Waals surface area contributed by atoms with E-state index in [2.05, 4.69) is 56.5 Å². The van der Waals surface area contributed by atoms with Gasteiger partial charge in [-0.2, -0.15) is 10.1 Å². The van der Waals surface area contributed by atoms with Crippen molar-refractivity contribution in [2.45, 2.75) is 18.9 Å². The molecule has 0 amide bonds. The highest BCUT2D eigenvalue weighted by atomic mass is 32.1. The van der Waals surface area contributed by atoms with Gasteiger partial charge in [-0.05, 0) is 53.6 Å². The van der Waals surface area contributed by atoms with E-state index in [9.17, 15) is 0 Å². The predicted octanol–water partition coefficient (Wildman–Crippen LogP) is 4.89. The number of anilines is 3. The smallest absolute Gasteiger partial charge is 0.225 e. The zero-order valence-corrected chi connectivity index (χ0v) is 16.3. The predicted molar refractivity (Wildman–Crippen MR) is 118 cm³/mol. The van der Waals surface area contributed by atoms with Crippen LogP contribution in [0.1, 0.15) is 11.1 Å². The summed E-state index contributed by atoms with van der Waals surface area (Å²) in [5, 5.41) is 17.2. The molecule has 6 nitrogen and oxygen atoms in total. The number of hydrogen-bond donors (Lipinski definition) is 3. The van der Waals surface area contributed by atoms with Crippen molar-refractivity contribution in [2.24, 2.45) is 0 Å². The molecule has 2 aromatic carbocycles. The molecule has 142 valence electrons. The minimum atomic E-state index is 0.318. The molecule has 3 N–H and O–H groups in total. The molecule has 3 heterocycles. The third kappa shape index (κ3) is 3.00. The van der Waals surface area contributed by atoms with E-state index in [1.807, 2.05) is 24.4 Å². The molecule has 0 aliphatic heterocycles. The van der Waals surface area contributed by atoms with Gasteiger partial charge in [0.15, 0.2) is 5.82 Å². The Morgan fingerprint density at radius 1 is 1.00 bits per heavy atom. The molecule has 1 aliphatic rings. The highest BCUT2D eigenvalue weighted by molar-refractivity contribution is 7.17. The van der Waals surface area contributed by atoms with E-state index in [0.29, 0.717) is 12.0 Å². The Morgan fingerprint density at radius 3 is 2.72 bits per heavy atom. The van der Waals surface area contributed by atoms with Crippen molar-refractivity contribution in [1.82, 2.24) is 20.2 Å². The molecular weight excluding hydrogens is 380 g/mol. The van der Waals surface area contributed by atoms with Crippen LogP contribution in [0.5, 0.6) is 0 Å². The fraction of sp³-hybridized carbons (Fsp3) is 0.136. The first kappa shape index (κ1) is 16.5. The molecule has 0 bridgehead atoms. The number of nitrogens with zero attached hydrogens (tertiary/aromatic N) is 3. The first-order valence-electron chi connectivity index (χ1n) is 9.60. The van der Waals surface area contributed by atoms with Crippen LogP contribution in [-0.2, 0) is 12.8 Å². The lowest BCUT2D eigenvalue weighted by Crippen LogP contribution is -2.21. The molecule has 0 spiro atoms. The Balaban J connectivity index is 1.31. The molecule has 5 aromatic rings. The number of hydrogen-bond acceptors (Lipinski definition) is 6. The van der Waals surface area contributed by atoms with Crippen LogP contribution in [0.25, 0.3) is 21.1 Å². The number of benzene rings is 2. The Morgan fingerprint density at radius 2 is 1.86 bits per heavy atom. The lowest BCUT2D eigenvalue weighted by atomic mass is 10.1. The molecule has 29 heavy (non-hydrogen) atoms. The van der Waals surface area contributed by atoms with E-state index in [1.165, 1.54) is 11.1 Å². The van der Waals surface area contributed by atoms with Crippen molar-refractivity contribution in [2.75, 3.05) is 10.6 Å². The normalized spacial score (nSPS) is 13.8. The maximum absolute atomic E-state index is 4.82. The molecule has 0 atom stereocenters. The SMILES string of the molecule is c1ccc2c(c1)CC(Nc1nc(Nc3ccc4[nH]ncc4c3)c3sccc3n1)C2. The maximum atomic E-state index is 4.82. The summed E-state index contributed by atoms with van der Waals surface area (Å²) in [7, 11) is 0. The lowest BCUT2D eigenvalue weighted by Gasteiger charge is -2.14. The molecule has 1 aliphatic carbocycles. The summed E-state index contributed by atoms with van der Waals surface area (Å²) < 4.78 is 1.05. The minimum Gasteiger partial charge on any atom is -0.351 e. The largest absolute Gasteiger partial charge is 0.351 e. The monoisotopic (exact) mass is 398 g/mol. The molecule has 0 radical (unpaired) electrons. The lowest BCUT2D eigenvalue weighted by molar-refractivity contribution is 0.763. The summed E-state index contributed by atoms with van der Waals surface area (Å²) in [4.78, 5) is 9.55. The fourth-order valence-electron chi connectivity index (χ4n) is 4.01. The number of nitrogens with one attached hydrogen (secondary N) is 3. The van der Waals surface area contributed by atoms with Gasteiger partial charge in [0, 0.05) is 17.1 Å². The van der Waals surface area contributed by atoms with Crippen molar-refractivity contribution in [3.8, 4) is 0 Å². The summed E-state index contributed by atoms with van der Waals surface area (Å²) in [6, 6.07) is 17.1.